The summed E-state index contributed by atoms with van der Waals surface area (Å²) in [6.07, 6.45) is 0.954. The van der Waals surface area contributed by atoms with Crippen LogP contribution in [0.3, 0.4) is 0 Å². The molecule has 1 rings (SSSR count). The summed E-state index contributed by atoms with van der Waals surface area (Å²) in [5.41, 5.74) is 1.85. The second-order valence-corrected chi connectivity index (χ2v) is 4.64. The minimum Gasteiger partial charge on any atom is -0.392 e. The van der Waals surface area contributed by atoms with E-state index in [1.165, 1.54) is 0 Å². The van der Waals surface area contributed by atoms with Gasteiger partial charge in [-0.15, -0.1) is 0 Å². The molecule has 0 aliphatic heterocycles. The first kappa shape index (κ1) is 14.7. The highest BCUT2D eigenvalue weighted by Gasteiger charge is 2.12. The normalized spacial score (nSPS) is 12.4. The molecule has 98 valence electrons. The minimum absolute atomic E-state index is 0.157. The first-order valence-electron chi connectivity index (χ1n) is 6.05. The molecule has 0 aliphatic rings. The minimum atomic E-state index is -0.583. The Kier molecular flexibility index (Phi) is 5.79. The number of nitrogens with zero attached hydrogens (tertiary/aromatic N) is 2. The monoisotopic (exact) mass is 248 g/mol. The van der Waals surface area contributed by atoms with E-state index in [0.717, 1.165) is 18.5 Å². The van der Waals surface area contributed by atoms with Crippen LogP contribution in [0.2, 0.25) is 0 Å². The number of aliphatic hydroxyl groups excluding tert-OH is 2. The highest BCUT2D eigenvalue weighted by molar-refractivity contribution is 5.38. The number of benzene rings is 1. The smallest absolute Gasteiger partial charge is 0.0991 e. The zero-order valence-corrected chi connectivity index (χ0v) is 10.9. The van der Waals surface area contributed by atoms with Crippen molar-refractivity contribution in [2.45, 2.75) is 25.6 Å². The van der Waals surface area contributed by atoms with Gasteiger partial charge in [0.2, 0.25) is 0 Å². The van der Waals surface area contributed by atoms with Crippen molar-refractivity contribution in [3.05, 3.63) is 34.9 Å². The first-order chi connectivity index (χ1) is 8.58. The molecule has 4 nitrogen and oxygen atoms in total. The molecule has 1 atom stereocenters. The molecule has 0 fully saturated rings. The molecule has 0 saturated heterocycles. The van der Waals surface area contributed by atoms with Crippen LogP contribution in [-0.4, -0.2) is 35.8 Å². The molecular weight excluding hydrogens is 228 g/mol. The van der Waals surface area contributed by atoms with E-state index >= 15 is 0 Å². The van der Waals surface area contributed by atoms with Crippen molar-refractivity contribution < 1.29 is 10.2 Å². The lowest BCUT2D eigenvalue weighted by Crippen LogP contribution is -2.14. The largest absolute Gasteiger partial charge is 0.392 e. The van der Waals surface area contributed by atoms with Crippen LogP contribution in [0.1, 0.15) is 35.6 Å². The standard InChI is InChI=1S/C14H20N2O2/c1-16(2)7-3-4-14(18)13-6-5-11(9-15)8-12(13)10-17/h5-6,8,14,17-18H,3-4,7,10H2,1-2H3/t14-/m1/s1. The van der Waals surface area contributed by atoms with Crippen LogP contribution in [0.25, 0.3) is 0 Å². The summed E-state index contributed by atoms with van der Waals surface area (Å²) in [7, 11) is 3.99. The second-order valence-electron chi connectivity index (χ2n) is 4.64. The van der Waals surface area contributed by atoms with Crippen LogP contribution in [0.5, 0.6) is 0 Å². The van der Waals surface area contributed by atoms with Crippen LogP contribution < -0.4 is 0 Å². The lowest BCUT2D eigenvalue weighted by molar-refractivity contribution is 0.156. The first-order valence-corrected chi connectivity index (χ1v) is 6.05. The molecule has 0 radical (unpaired) electrons. The Morgan fingerprint density at radius 3 is 2.67 bits per heavy atom. The summed E-state index contributed by atoms with van der Waals surface area (Å²) in [6, 6.07) is 7.05. The fourth-order valence-electron chi connectivity index (χ4n) is 1.89. The van der Waals surface area contributed by atoms with Crippen LogP contribution in [-0.2, 0) is 6.61 Å². The fourth-order valence-corrected chi connectivity index (χ4v) is 1.89. The molecule has 0 bridgehead atoms. The number of nitriles is 1. The summed E-state index contributed by atoms with van der Waals surface area (Å²) >= 11 is 0. The highest BCUT2D eigenvalue weighted by atomic mass is 16.3. The van der Waals surface area contributed by atoms with Gasteiger partial charge in [-0.1, -0.05) is 6.07 Å². The predicted octanol–water partition coefficient (Wildman–Crippen LogP) is 1.43. The molecule has 2 N–H and O–H groups in total. The van der Waals surface area contributed by atoms with Gasteiger partial charge < -0.3 is 15.1 Å². The van der Waals surface area contributed by atoms with Crippen LogP contribution >= 0.6 is 0 Å². The summed E-state index contributed by atoms with van der Waals surface area (Å²) in [5.74, 6) is 0. The van der Waals surface area contributed by atoms with E-state index in [0.29, 0.717) is 17.5 Å². The molecule has 1 aromatic carbocycles. The lowest BCUT2D eigenvalue weighted by atomic mass is 9.97. The predicted molar refractivity (Wildman–Crippen MR) is 69.8 cm³/mol. The van der Waals surface area contributed by atoms with E-state index in [4.69, 9.17) is 5.26 Å². The summed E-state index contributed by atoms with van der Waals surface area (Å²) in [4.78, 5) is 2.07. The lowest BCUT2D eigenvalue weighted by Gasteiger charge is -2.16. The van der Waals surface area contributed by atoms with Gasteiger partial charge in [0.1, 0.15) is 0 Å². The molecule has 0 aromatic heterocycles. The highest BCUT2D eigenvalue weighted by Crippen LogP contribution is 2.23. The van der Waals surface area contributed by atoms with Crippen LogP contribution in [0.4, 0.5) is 0 Å². The van der Waals surface area contributed by atoms with Gasteiger partial charge in [-0.3, -0.25) is 0 Å². The molecule has 0 unspecified atom stereocenters. The third-order valence-electron chi connectivity index (χ3n) is 2.88. The van der Waals surface area contributed by atoms with Crippen molar-refractivity contribution in [2.24, 2.45) is 0 Å². The van der Waals surface area contributed by atoms with Gasteiger partial charge in [-0.2, -0.15) is 5.26 Å². The third kappa shape index (κ3) is 4.11. The number of rotatable bonds is 6. The van der Waals surface area contributed by atoms with Gasteiger partial charge in [0, 0.05) is 0 Å². The maximum Gasteiger partial charge on any atom is 0.0991 e. The average molecular weight is 248 g/mol. The zero-order chi connectivity index (χ0) is 13.5. The van der Waals surface area contributed by atoms with Crippen molar-refractivity contribution in [3.63, 3.8) is 0 Å². The van der Waals surface area contributed by atoms with Gasteiger partial charge in [0.25, 0.3) is 0 Å². The molecule has 4 heteroatoms. The Labute approximate surface area is 108 Å². The third-order valence-corrected chi connectivity index (χ3v) is 2.88. The maximum absolute atomic E-state index is 10.1. The number of hydrogen-bond acceptors (Lipinski definition) is 4. The molecular formula is C14H20N2O2. The Morgan fingerprint density at radius 2 is 2.11 bits per heavy atom. The van der Waals surface area contributed by atoms with Gasteiger partial charge in [-0.25, -0.2) is 0 Å². The van der Waals surface area contributed by atoms with E-state index in [1.807, 2.05) is 20.2 Å². The second kappa shape index (κ2) is 7.12. The average Bonchev–Trinajstić information content (AvgIpc) is 2.37. The summed E-state index contributed by atoms with van der Waals surface area (Å²) in [5, 5.41) is 28.2. The molecule has 0 saturated carbocycles. The zero-order valence-electron chi connectivity index (χ0n) is 10.9. The molecule has 0 aliphatic carbocycles. The Hall–Kier alpha value is -1.41. The Morgan fingerprint density at radius 1 is 1.39 bits per heavy atom. The molecule has 18 heavy (non-hydrogen) atoms. The van der Waals surface area contributed by atoms with Crippen molar-refractivity contribution in [1.82, 2.24) is 4.90 Å². The van der Waals surface area contributed by atoms with Crippen LogP contribution in [0.15, 0.2) is 18.2 Å². The molecule has 0 amide bonds. The van der Waals surface area contributed by atoms with Gasteiger partial charge in [0.05, 0.1) is 24.3 Å². The molecule has 0 spiro atoms. The maximum atomic E-state index is 10.1. The Bertz CT molecular complexity index is 424. The van der Waals surface area contributed by atoms with Crippen molar-refractivity contribution in [3.8, 4) is 6.07 Å². The quantitative estimate of drug-likeness (QED) is 0.799. The molecule has 1 aromatic rings. The topological polar surface area (TPSA) is 67.5 Å². The van der Waals surface area contributed by atoms with E-state index in [-0.39, 0.29) is 6.61 Å². The van der Waals surface area contributed by atoms with E-state index in [1.54, 1.807) is 18.2 Å². The number of hydrogen-bond donors (Lipinski definition) is 2. The van der Waals surface area contributed by atoms with Gasteiger partial charge >= 0.3 is 0 Å². The van der Waals surface area contributed by atoms with Crippen molar-refractivity contribution in [2.75, 3.05) is 20.6 Å². The number of aliphatic hydroxyl groups is 2. The SMILES string of the molecule is CN(C)CCC[C@@H](O)c1ccc(C#N)cc1CO. The summed E-state index contributed by atoms with van der Waals surface area (Å²) < 4.78 is 0. The van der Waals surface area contributed by atoms with Gasteiger partial charge in [-0.05, 0) is 56.7 Å². The van der Waals surface area contributed by atoms with E-state index in [2.05, 4.69) is 4.90 Å². The summed E-state index contributed by atoms with van der Waals surface area (Å²) in [6.45, 7) is 0.761. The van der Waals surface area contributed by atoms with E-state index in [9.17, 15) is 10.2 Å². The van der Waals surface area contributed by atoms with Crippen molar-refractivity contribution in [1.29, 1.82) is 5.26 Å². The van der Waals surface area contributed by atoms with Gasteiger partial charge in [0.15, 0.2) is 0 Å². The molecule has 0 heterocycles. The van der Waals surface area contributed by atoms with Crippen molar-refractivity contribution >= 4 is 0 Å². The van der Waals surface area contributed by atoms with Crippen LogP contribution in [0, 0.1) is 11.3 Å². The Balaban J connectivity index is 2.73. The fraction of sp³-hybridized carbons (Fsp3) is 0.500. The van der Waals surface area contributed by atoms with E-state index < -0.39 is 6.10 Å².